The van der Waals surface area contributed by atoms with Crippen LogP contribution >= 0.6 is 0 Å². The van der Waals surface area contributed by atoms with Crippen LogP contribution in [0, 0.1) is 0 Å². The maximum atomic E-state index is 12.8. The number of rotatable bonds is 55. The Morgan fingerprint density at radius 1 is 0.292 bits per heavy atom. The van der Waals surface area contributed by atoms with Crippen LogP contribution in [0.1, 0.15) is 297 Å². The fraction of sp³-hybridized carbons (Fsp3) is 0.742. The molecule has 1 unspecified atom stereocenters. The van der Waals surface area contributed by atoms with Crippen molar-refractivity contribution in [1.82, 2.24) is 0 Å². The second-order valence-corrected chi connectivity index (χ2v) is 20.2. The van der Waals surface area contributed by atoms with Crippen LogP contribution in [0.2, 0.25) is 0 Å². The predicted molar refractivity (Wildman–Crippen MR) is 311 cm³/mol. The molecular weight excluding hydrogens is 889 g/mol. The fourth-order valence-corrected chi connectivity index (χ4v) is 8.63. The number of hydrogen-bond donors (Lipinski definition) is 0. The van der Waals surface area contributed by atoms with Crippen LogP contribution in [0.3, 0.4) is 0 Å². The lowest BCUT2D eigenvalue weighted by Gasteiger charge is -2.18. The van der Waals surface area contributed by atoms with Crippen molar-refractivity contribution in [3.05, 3.63) is 85.1 Å². The van der Waals surface area contributed by atoms with Gasteiger partial charge >= 0.3 is 17.9 Å². The molecule has 0 rings (SSSR count). The van der Waals surface area contributed by atoms with E-state index < -0.39 is 6.10 Å². The highest BCUT2D eigenvalue weighted by Gasteiger charge is 2.19. The standard InChI is InChI=1S/C66H114O6/c1-4-7-10-13-16-19-21-23-24-25-26-27-28-29-30-31-32-33-34-35-36-37-38-39-40-41-42-44-45-47-50-53-56-59-65(68)71-62-63(61-70-64(67)58-55-52-49-18-15-12-9-6-3)72-66(69)60-57-54-51-48-46-43-22-20-17-14-11-8-5-2/h7-8,10-11,16-17,19-20,23-24,26-27,43,46,63H,4-6,9,12-15,18,21-22,25,28-42,44-45,47-62H2,1-3H3/b10-7-,11-8-,19-16-,20-17-,24-23-,27-26-,46-43-. The van der Waals surface area contributed by atoms with E-state index in [4.69, 9.17) is 14.2 Å². The van der Waals surface area contributed by atoms with Crippen molar-refractivity contribution in [3.8, 4) is 0 Å². The molecule has 72 heavy (non-hydrogen) atoms. The van der Waals surface area contributed by atoms with Crippen LogP contribution in [0.25, 0.3) is 0 Å². The highest BCUT2D eigenvalue weighted by atomic mass is 16.6. The van der Waals surface area contributed by atoms with E-state index in [0.717, 1.165) is 109 Å². The Kier molecular flexibility index (Phi) is 57.3. The van der Waals surface area contributed by atoms with E-state index in [0.29, 0.717) is 19.3 Å². The molecule has 0 aromatic heterocycles. The molecule has 0 amide bonds. The van der Waals surface area contributed by atoms with Crippen molar-refractivity contribution in [2.75, 3.05) is 13.2 Å². The molecule has 0 fully saturated rings. The molecule has 0 aliphatic heterocycles. The first-order valence-electron chi connectivity index (χ1n) is 30.6. The Balaban J connectivity index is 4.00. The van der Waals surface area contributed by atoms with Gasteiger partial charge in [-0.25, -0.2) is 0 Å². The molecule has 0 aliphatic rings. The first-order chi connectivity index (χ1) is 35.5. The zero-order valence-corrected chi connectivity index (χ0v) is 47.4. The smallest absolute Gasteiger partial charge is 0.306 e. The van der Waals surface area contributed by atoms with Crippen molar-refractivity contribution in [3.63, 3.8) is 0 Å². The van der Waals surface area contributed by atoms with Gasteiger partial charge < -0.3 is 14.2 Å². The molecular formula is C66H114O6. The Bertz CT molecular complexity index is 1380. The highest BCUT2D eigenvalue weighted by Crippen LogP contribution is 2.17. The van der Waals surface area contributed by atoms with Crippen LogP contribution in [-0.4, -0.2) is 37.2 Å². The molecule has 0 radical (unpaired) electrons. The van der Waals surface area contributed by atoms with Crippen molar-refractivity contribution < 1.29 is 28.6 Å². The Morgan fingerprint density at radius 2 is 0.542 bits per heavy atom. The maximum absolute atomic E-state index is 12.8. The summed E-state index contributed by atoms with van der Waals surface area (Å²) in [7, 11) is 0. The molecule has 6 heteroatoms. The molecule has 0 aliphatic carbocycles. The van der Waals surface area contributed by atoms with Gasteiger partial charge in [-0.05, 0) is 89.9 Å². The van der Waals surface area contributed by atoms with E-state index in [1.54, 1.807) is 0 Å². The van der Waals surface area contributed by atoms with E-state index in [-0.39, 0.29) is 31.1 Å². The lowest BCUT2D eigenvalue weighted by molar-refractivity contribution is -0.167. The number of allylic oxidation sites excluding steroid dienone is 14. The zero-order chi connectivity index (χ0) is 52.2. The molecule has 0 saturated heterocycles. The lowest BCUT2D eigenvalue weighted by Crippen LogP contribution is -2.30. The topological polar surface area (TPSA) is 78.9 Å². The molecule has 0 heterocycles. The molecule has 0 bridgehead atoms. The summed E-state index contributed by atoms with van der Waals surface area (Å²) in [6, 6.07) is 0. The summed E-state index contributed by atoms with van der Waals surface area (Å²) < 4.78 is 16.8. The first-order valence-corrected chi connectivity index (χ1v) is 30.6. The fourth-order valence-electron chi connectivity index (χ4n) is 8.63. The number of ether oxygens (including phenoxy) is 3. The molecule has 1 atom stereocenters. The summed E-state index contributed by atoms with van der Waals surface area (Å²) in [6.07, 6.45) is 79.1. The van der Waals surface area contributed by atoms with Crippen LogP contribution in [0.5, 0.6) is 0 Å². The van der Waals surface area contributed by atoms with Gasteiger partial charge in [-0.15, -0.1) is 0 Å². The summed E-state index contributed by atoms with van der Waals surface area (Å²) in [5.74, 6) is -0.910. The van der Waals surface area contributed by atoms with E-state index in [2.05, 4.69) is 106 Å². The minimum atomic E-state index is -0.786. The SMILES string of the molecule is CC/C=C\C/C=C\C/C=C\C/C=C\CCCCCCCCCCCCCCCCCCCCCCC(=O)OCC(COC(=O)CCCCCCCCCC)OC(=O)CCCCC/C=C\C/C=C\C/C=C\CC. The van der Waals surface area contributed by atoms with Gasteiger partial charge in [0.2, 0.25) is 0 Å². The molecule has 0 spiro atoms. The lowest BCUT2D eigenvalue weighted by atomic mass is 10.0. The number of unbranched alkanes of at least 4 members (excludes halogenated alkanes) is 30. The average Bonchev–Trinajstić information content (AvgIpc) is 3.38. The molecule has 6 nitrogen and oxygen atoms in total. The molecule has 414 valence electrons. The van der Waals surface area contributed by atoms with Crippen molar-refractivity contribution in [2.24, 2.45) is 0 Å². The summed E-state index contributed by atoms with van der Waals surface area (Å²) >= 11 is 0. The van der Waals surface area contributed by atoms with Crippen LogP contribution in [0.15, 0.2) is 85.1 Å². The van der Waals surface area contributed by atoms with E-state index in [1.165, 1.54) is 148 Å². The first kappa shape index (κ1) is 68.6. The van der Waals surface area contributed by atoms with E-state index >= 15 is 0 Å². The molecule has 0 aromatic carbocycles. The zero-order valence-electron chi connectivity index (χ0n) is 47.4. The minimum Gasteiger partial charge on any atom is -0.462 e. The number of esters is 3. The largest absolute Gasteiger partial charge is 0.462 e. The molecule has 0 saturated carbocycles. The van der Waals surface area contributed by atoms with Crippen LogP contribution in [0.4, 0.5) is 0 Å². The maximum Gasteiger partial charge on any atom is 0.306 e. The third-order valence-corrected chi connectivity index (χ3v) is 13.1. The average molecular weight is 1000 g/mol. The van der Waals surface area contributed by atoms with Gasteiger partial charge in [0.15, 0.2) is 6.10 Å². The van der Waals surface area contributed by atoms with Crippen LogP contribution in [-0.2, 0) is 28.6 Å². The number of hydrogen-bond acceptors (Lipinski definition) is 6. The highest BCUT2D eigenvalue weighted by molar-refractivity contribution is 5.71. The van der Waals surface area contributed by atoms with Gasteiger partial charge in [-0.1, -0.05) is 273 Å². The monoisotopic (exact) mass is 1000 g/mol. The second kappa shape index (κ2) is 60.1. The van der Waals surface area contributed by atoms with Crippen molar-refractivity contribution in [2.45, 2.75) is 303 Å². The van der Waals surface area contributed by atoms with Gasteiger partial charge in [0.05, 0.1) is 0 Å². The number of carbonyl (C=O) groups is 3. The van der Waals surface area contributed by atoms with Crippen LogP contribution < -0.4 is 0 Å². The van der Waals surface area contributed by atoms with E-state index in [9.17, 15) is 14.4 Å². The normalized spacial score (nSPS) is 12.7. The Hall–Kier alpha value is -3.41. The molecule has 0 N–H and O–H groups in total. The summed E-state index contributed by atoms with van der Waals surface area (Å²) in [5, 5.41) is 0. The minimum absolute atomic E-state index is 0.0843. The second-order valence-electron chi connectivity index (χ2n) is 20.2. The summed E-state index contributed by atoms with van der Waals surface area (Å²) in [6.45, 7) is 6.37. The summed E-state index contributed by atoms with van der Waals surface area (Å²) in [5.41, 5.74) is 0. The van der Waals surface area contributed by atoms with Crippen molar-refractivity contribution in [1.29, 1.82) is 0 Å². The third-order valence-electron chi connectivity index (χ3n) is 13.1. The van der Waals surface area contributed by atoms with Gasteiger partial charge in [0, 0.05) is 19.3 Å². The quantitative estimate of drug-likeness (QED) is 0.0261. The third kappa shape index (κ3) is 57.5. The van der Waals surface area contributed by atoms with Gasteiger partial charge in [-0.2, -0.15) is 0 Å². The van der Waals surface area contributed by atoms with Crippen molar-refractivity contribution >= 4 is 17.9 Å². The predicted octanol–water partition coefficient (Wildman–Crippen LogP) is 20.7. The Labute approximate surface area is 445 Å². The van der Waals surface area contributed by atoms with E-state index in [1.807, 2.05) is 0 Å². The van der Waals surface area contributed by atoms with Gasteiger partial charge in [0.1, 0.15) is 13.2 Å². The molecule has 0 aromatic rings. The number of carbonyl (C=O) groups excluding carboxylic acids is 3. The van der Waals surface area contributed by atoms with Gasteiger partial charge in [-0.3, -0.25) is 14.4 Å². The Morgan fingerprint density at radius 3 is 0.861 bits per heavy atom. The summed E-state index contributed by atoms with van der Waals surface area (Å²) in [4.78, 5) is 37.9. The van der Waals surface area contributed by atoms with Gasteiger partial charge in [0.25, 0.3) is 0 Å².